The molecule has 0 saturated carbocycles. The number of aliphatic hydroxyl groups excluding tert-OH is 4. The molecule has 0 spiro atoms. The predicted octanol–water partition coefficient (Wildman–Crippen LogP) is -0.0360. The van der Waals surface area contributed by atoms with Crippen LogP contribution in [0.2, 0.25) is 0 Å². The molecule has 6 heteroatoms. The van der Waals surface area contributed by atoms with Crippen LogP contribution in [0, 0.1) is 0 Å². The second-order valence-corrected chi connectivity index (χ2v) is 5.22. The van der Waals surface area contributed by atoms with E-state index < -0.39 is 37.1 Å². The number of hydrogen-bond donors (Lipinski definition) is 4. The number of ether oxygens (including phenoxy) is 1. The summed E-state index contributed by atoms with van der Waals surface area (Å²) in [4.78, 5) is 0. The summed E-state index contributed by atoms with van der Waals surface area (Å²) in [6, 6.07) is 7.07. The van der Waals surface area contributed by atoms with Gasteiger partial charge in [-0.05, 0) is 17.7 Å². The third-order valence-corrected chi connectivity index (χ3v) is 3.62. The fourth-order valence-electron chi connectivity index (χ4n) is 2.03. The van der Waals surface area contributed by atoms with E-state index in [1.165, 1.54) is 0 Å². The van der Waals surface area contributed by atoms with Gasteiger partial charge in [0.15, 0.2) is 0 Å². The first kappa shape index (κ1) is 13.9. The molecule has 1 saturated heterocycles. The standard InChI is InChI=1S/C12H15BrO5/c13-7-3-1-6(2-4-7)12-11(17)10(16)9(15)8(5-14)18-12/h1-4,8-12,14-17H,5H2. The van der Waals surface area contributed by atoms with E-state index in [2.05, 4.69) is 15.9 Å². The molecule has 5 nitrogen and oxygen atoms in total. The summed E-state index contributed by atoms with van der Waals surface area (Å²) in [5, 5.41) is 38.4. The van der Waals surface area contributed by atoms with Gasteiger partial charge in [-0.3, -0.25) is 0 Å². The zero-order valence-corrected chi connectivity index (χ0v) is 11.1. The van der Waals surface area contributed by atoms with Crippen LogP contribution in [0.1, 0.15) is 11.7 Å². The molecule has 0 aliphatic carbocycles. The van der Waals surface area contributed by atoms with Crippen LogP contribution in [0.15, 0.2) is 28.7 Å². The zero-order valence-electron chi connectivity index (χ0n) is 9.48. The van der Waals surface area contributed by atoms with Crippen molar-refractivity contribution in [3.8, 4) is 0 Å². The van der Waals surface area contributed by atoms with Crippen LogP contribution >= 0.6 is 15.9 Å². The highest BCUT2D eigenvalue weighted by Gasteiger charge is 2.43. The molecule has 1 aromatic carbocycles. The second-order valence-electron chi connectivity index (χ2n) is 4.30. The van der Waals surface area contributed by atoms with E-state index in [9.17, 15) is 15.3 Å². The lowest BCUT2D eigenvalue weighted by atomic mass is 9.91. The topological polar surface area (TPSA) is 90.2 Å². The van der Waals surface area contributed by atoms with Gasteiger partial charge in [0, 0.05) is 4.47 Å². The fourth-order valence-corrected chi connectivity index (χ4v) is 2.29. The highest BCUT2D eigenvalue weighted by molar-refractivity contribution is 9.10. The van der Waals surface area contributed by atoms with Gasteiger partial charge in [-0.2, -0.15) is 0 Å². The van der Waals surface area contributed by atoms with E-state index >= 15 is 0 Å². The van der Waals surface area contributed by atoms with Gasteiger partial charge in [0.1, 0.15) is 30.5 Å². The van der Waals surface area contributed by atoms with Crippen LogP contribution in [-0.4, -0.2) is 51.4 Å². The van der Waals surface area contributed by atoms with Crippen molar-refractivity contribution in [2.45, 2.75) is 30.5 Å². The van der Waals surface area contributed by atoms with E-state index in [-0.39, 0.29) is 0 Å². The fraction of sp³-hybridized carbons (Fsp3) is 0.500. The molecule has 1 heterocycles. The Morgan fingerprint density at radius 3 is 2.17 bits per heavy atom. The Kier molecular flexibility index (Phi) is 4.37. The SMILES string of the molecule is OCC1OC(c2ccc(Br)cc2)C(O)C(O)C1O. The summed E-state index contributed by atoms with van der Waals surface area (Å²) >= 11 is 3.30. The number of benzene rings is 1. The minimum Gasteiger partial charge on any atom is -0.394 e. The molecule has 1 aliphatic heterocycles. The molecule has 100 valence electrons. The van der Waals surface area contributed by atoms with Crippen molar-refractivity contribution in [1.29, 1.82) is 0 Å². The lowest BCUT2D eigenvalue weighted by Crippen LogP contribution is -2.55. The normalized spacial score (nSPS) is 36.6. The van der Waals surface area contributed by atoms with E-state index in [0.29, 0.717) is 5.56 Å². The van der Waals surface area contributed by atoms with Crippen LogP contribution in [0.25, 0.3) is 0 Å². The largest absolute Gasteiger partial charge is 0.394 e. The van der Waals surface area contributed by atoms with E-state index in [1.807, 2.05) is 0 Å². The Morgan fingerprint density at radius 1 is 1.00 bits per heavy atom. The number of halogens is 1. The number of hydrogen-bond acceptors (Lipinski definition) is 5. The maximum atomic E-state index is 9.92. The van der Waals surface area contributed by atoms with Crippen molar-refractivity contribution < 1.29 is 25.2 Å². The van der Waals surface area contributed by atoms with Gasteiger partial charge in [-0.25, -0.2) is 0 Å². The summed E-state index contributed by atoms with van der Waals surface area (Å²) in [6.45, 7) is -0.419. The number of rotatable bonds is 2. The molecule has 0 amide bonds. The van der Waals surface area contributed by atoms with Crippen molar-refractivity contribution >= 4 is 15.9 Å². The quantitative estimate of drug-likeness (QED) is 0.614. The van der Waals surface area contributed by atoms with Crippen LogP contribution < -0.4 is 0 Å². The van der Waals surface area contributed by atoms with Gasteiger partial charge < -0.3 is 25.2 Å². The van der Waals surface area contributed by atoms with Gasteiger partial charge in [-0.1, -0.05) is 28.1 Å². The third kappa shape index (κ3) is 2.59. The van der Waals surface area contributed by atoms with Crippen molar-refractivity contribution in [2.24, 2.45) is 0 Å². The van der Waals surface area contributed by atoms with Gasteiger partial charge >= 0.3 is 0 Å². The molecule has 2 rings (SSSR count). The van der Waals surface area contributed by atoms with Crippen molar-refractivity contribution in [2.75, 3.05) is 6.61 Å². The maximum Gasteiger partial charge on any atom is 0.113 e. The van der Waals surface area contributed by atoms with Gasteiger partial charge in [0.25, 0.3) is 0 Å². The third-order valence-electron chi connectivity index (χ3n) is 3.09. The minimum atomic E-state index is -1.34. The summed E-state index contributed by atoms with van der Waals surface area (Å²) in [5.74, 6) is 0. The van der Waals surface area contributed by atoms with Gasteiger partial charge in [-0.15, -0.1) is 0 Å². The minimum absolute atomic E-state index is 0.419. The highest BCUT2D eigenvalue weighted by atomic mass is 79.9. The zero-order chi connectivity index (χ0) is 13.3. The number of aliphatic hydroxyl groups is 4. The molecule has 5 atom stereocenters. The summed E-state index contributed by atoms with van der Waals surface area (Å²) in [6.07, 6.45) is -5.55. The maximum absolute atomic E-state index is 9.92. The highest BCUT2D eigenvalue weighted by Crippen LogP contribution is 2.32. The lowest BCUT2D eigenvalue weighted by molar-refractivity contribution is -0.231. The summed E-state index contributed by atoms with van der Waals surface area (Å²) in [7, 11) is 0. The molecule has 1 aliphatic rings. The average Bonchev–Trinajstić information content (AvgIpc) is 2.38. The molecule has 18 heavy (non-hydrogen) atoms. The molecule has 0 aromatic heterocycles. The molecule has 5 unspecified atom stereocenters. The summed E-state index contributed by atoms with van der Waals surface area (Å²) in [5.41, 5.74) is 0.676. The Balaban J connectivity index is 2.24. The molecule has 4 N–H and O–H groups in total. The van der Waals surface area contributed by atoms with Crippen LogP contribution in [0.4, 0.5) is 0 Å². The van der Waals surface area contributed by atoms with E-state index in [4.69, 9.17) is 9.84 Å². The Morgan fingerprint density at radius 2 is 1.61 bits per heavy atom. The Labute approximate surface area is 113 Å². The van der Waals surface area contributed by atoms with Crippen LogP contribution in [-0.2, 0) is 4.74 Å². The summed E-state index contributed by atoms with van der Waals surface area (Å²) < 4.78 is 6.32. The molecule has 1 aromatic rings. The van der Waals surface area contributed by atoms with Gasteiger partial charge in [0.2, 0.25) is 0 Å². The first-order chi connectivity index (χ1) is 8.54. The Bertz CT molecular complexity index is 394. The van der Waals surface area contributed by atoms with E-state index in [1.54, 1.807) is 24.3 Å². The molecular formula is C12H15BrO5. The Hall–Kier alpha value is -0.500. The first-order valence-electron chi connectivity index (χ1n) is 5.60. The molecule has 0 radical (unpaired) electrons. The van der Waals surface area contributed by atoms with Crippen molar-refractivity contribution in [3.05, 3.63) is 34.3 Å². The van der Waals surface area contributed by atoms with Crippen molar-refractivity contribution in [1.82, 2.24) is 0 Å². The van der Waals surface area contributed by atoms with Crippen molar-refractivity contribution in [3.63, 3.8) is 0 Å². The smallest absolute Gasteiger partial charge is 0.113 e. The van der Waals surface area contributed by atoms with Crippen LogP contribution in [0.3, 0.4) is 0 Å². The molecule has 0 bridgehead atoms. The first-order valence-corrected chi connectivity index (χ1v) is 6.40. The van der Waals surface area contributed by atoms with E-state index in [0.717, 1.165) is 4.47 Å². The average molecular weight is 319 g/mol. The van der Waals surface area contributed by atoms with Gasteiger partial charge in [0.05, 0.1) is 6.61 Å². The monoisotopic (exact) mass is 318 g/mol. The predicted molar refractivity (Wildman–Crippen MR) is 66.9 cm³/mol. The van der Waals surface area contributed by atoms with Crippen LogP contribution in [0.5, 0.6) is 0 Å². The molecular weight excluding hydrogens is 304 g/mol. The molecule has 1 fully saturated rings. The second kappa shape index (κ2) is 5.64. The lowest BCUT2D eigenvalue weighted by Gasteiger charge is -2.40.